The lowest BCUT2D eigenvalue weighted by atomic mass is 9.88. The van der Waals surface area contributed by atoms with Crippen LogP contribution in [0.5, 0.6) is 0 Å². The lowest BCUT2D eigenvalue weighted by Crippen LogP contribution is -2.40. The molecule has 4 unspecified atom stereocenters. The highest BCUT2D eigenvalue weighted by Crippen LogP contribution is 2.37. The molecule has 174 valence electrons. The molecule has 0 heterocycles. The summed E-state index contributed by atoms with van der Waals surface area (Å²) < 4.78 is 39.3. The molecule has 5 heteroatoms. The van der Waals surface area contributed by atoms with E-state index in [0.29, 0.717) is 18.1 Å². The average Bonchev–Trinajstić information content (AvgIpc) is 3.13. The first-order chi connectivity index (χ1) is 14.4. The Balaban J connectivity index is 1.21. The molecule has 4 rings (SSSR count). The molecule has 4 nitrogen and oxygen atoms in total. The third-order valence-corrected chi connectivity index (χ3v) is 11.4. The maximum absolute atomic E-state index is 13.3. The van der Waals surface area contributed by atoms with Gasteiger partial charge in [0, 0.05) is 0 Å². The number of hydrogen-bond donors (Lipinski definition) is 0. The van der Waals surface area contributed by atoms with Gasteiger partial charge in [0.2, 0.25) is 0 Å². The Hall–Kier alpha value is -0.130. The zero-order chi connectivity index (χ0) is 21.1. The first-order valence-corrected chi connectivity index (χ1v) is 14.6. The van der Waals surface area contributed by atoms with Gasteiger partial charge < -0.3 is 9.47 Å². The van der Waals surface area contributed by atoms with Gasteiger partial charge in [0.1, 0.15) is 0 Å². The Kier molecular flexibility index (Phi) is 7.84. The minimum Gasteiger partial charge on any atom is -0.375 e. The molecule has 0 aromatic carbocycles. The van der Waals surface area contributed by atoms with Crippen LogP contribution in [0.1, 0.15) is 110 Å². The van der Waals surface area contributed by atoms with E-state index in [9.17, 15) is 8.42 Å². The molecule has 0 saturated heterocycles. The Labute approximate surface area is 184 Å². The van der Waals surface area contributed by atoms with Crippen molar-refractivity contribution in [1.82, 2.24) is 0 Å². The zero-order valence-electron chi connectivity index (χ0n) is 19.3. The summed E-state index contributed by atoms with van der Waals surface area (Å²) in [6.45, 7) is 4.62. The molecule has 30 heavy (non-hydrogen) atoms. The first-order valence-electron chi connectivity index (χ1n) is 13.0. The van der Waals surface area contributed by atoms with Crippen molar-refractivity contribution in [2.45, 2.75) is 145 Å². The minimum atomic E-state index is -3.02. The lowest BCUT2D eigenvalue weighted by molar-refractivity contribution is -0.0525. The fraction of sp³-hybridized carbons (Fsp3) is 1.00. The summed E-state index contributed by atoms with van der Waals surface area (Å²) in [4.78, 5) is 0. The normalized spacial score (nSPS) is 43.5. The van der Waals surface area contributed by atoms with Crippen LogP contribution in [-0.2, 0) is 19.3 Å². The van der Waals surface area contributed by atoms with Crippen LogP contribution in [0.3, 0.4) is 0 Å². The molecule has 4 atom stereocenters. The predicted octanol–water partition coefficient (Wildman–Crippen LogP) is 5.82. The van der Waals surface area contributed by atoms with Gasteiger partial charge in [-0.25, -0.2) is 8.42 Å². The van der Waals surface area contributed by atoms with Crippen LogP contribution >= 0.6 is 0 Å². The highest BCUT2D eigenvalue weighted by molar-refractivity contribution is 7.92. The Morgan fingerprint density at radius 3 is 1.70 bits per heavy atom. The largest absolute Gasteiger partial charge is 0.375 e. The van der Waals surface area contributed by atoms with E-state index in [1.807, 2.05) is 0 Å². The highest BCUT2D eigenvalue weighted by atomic mass is 32.2. The van der Waals surface area contributed by atoms with Crippen LogP contribution in [0.15, 0.2) is 0 Å². The van der Waals surface area contributed by atoms with Crippen LogP contribution in [0.25, 0.3) is 0 Å². The van der Waals surface area contributed by atoms with E-state index in [4.69, 9.17) is 9.47 Å². The summed E-state index contributed by atoms with van der Waals surface area (Å²) in [6, 6.07) is 0. The van der Waals surface area contributed by atoms with Gasteiger partial charge >= 0.3 is 0 Å². The third-order valence-electron chi connectivity index (χ3n) is 8.59. The van der Waals surface area contributed by atoms with Crippen LogP contribution in [0, 0.1) is 11.8 Å². The Morgan fingerprint density at radius 2 is 1.17 bits per heavy atom. The molecule has 0 radical (unpaired) electrons. The molecule has 0 bridgehead atoms. The Bertz CT molecular complexity index is 632. The van der Waals surface area contributed by atoms with E-state index in [1.54, 1.807) is 0 Å². The number of sulfone groups is 1. The smallest absolute Gasteiger partial charge is 0.156 e. The molecule has 0 spiro atoms. The van der Waals surface area contributed by atoms with E-state index in [1.165, 1.54) is 44.9 Å². The van der Waals surface area contributed by atoms with Crippen molar-refractivity contribution < 1.29 is 17.9 Å². The summed E-state index contributed by atoms with van der Waals surface area (Å²) >= 11 is 0. The summed E-state index contributed by atoms with van der Waals surface area (Å²) in [5.74, 6) is 1.44. The monoisotopic (exact) mass is 440 g/mol. The third kappa shape index (κ3) is 5.61. The van der Waals surface area contributed by atoms with Crippen molar-refractivity contribution in [3.8, 4) is 0 Å². The molecule has 0 N–H and O–H groups in total. The maximum atomic E-state index is 13.3. The van der Waals surface area contributed by atoms with Gasteiger partial charge in [-0.3, -0.25) is 0 Å². The highest BCUT2D eigenvalue weighted by Gasteiger charge is 2.40. The van der Waals surface area contributed by atoms with E-state index >= 15 is 0 Å². The second kappa shape index (κ2) is 10.2. The van der Waals surface area contributed by atoms with Crippen molar-refractivity contribution in [3.05, 3.63) is 0 Å². The first kappa shape index (κ1) is 23.0. The van der Waals surface area contributed by atoms with Crippen molar-refractivity contribution in [3.63, 3.8) is 0 Å². The molecule has 0 aliphatic heterocycles. The van der Waals surface area contributed by atoms with Crippen molar-refractivity contribution in [2.24, 2.45) is 11.8 Å². The van der Waals surface area contributed by atoms with E-state index < -0.39 is 9.84 Å². The number of ether oxygens (including phenoxy) is 2. The van der Waals surface area contributed by atoms with Gasteiger partial charge in [0.15, 0.2) is 9.84 Å². The molecule has 4 saturated carbocycles. The molecule has 4 aliphatic carbocycles. The summed E-state index contributed by atoms with van der Waals surface area (Å²) in [7, 11) is -3.02. The fourth-order valence-corrected chi connectivity index (χ4v) is 9.00. The topological polar surface area (TPSA) is 52.6 Å². The zero-order valence-corrected chi connectivity index (χ0v) is 20.1. The second-order valence-electron chi connectivity index (χ2n) is 11.0. The van der Waals surface area contributed by atoms with Gasteiger partial charge in [-0.1, -0.05) is 33.1 Å². The molecule has 4 aliphatic rings. The number of hydrogen-bond acceptors (Lipinski definition) is 4. The Morgan fingerprint density at radius 1 is 0.600 bits per heavy atom. The van der Waals surface area contributed by atoms with Gasteiger partial charge in [-0.2, -0.15) is 0 Å². The van der Waals surface area contributed by atoms with E-state index in [0.717, 1.165) is 57.3 Å². The summed E-state index contributed by atoms with van der Waals surface area (Å²) in [5, 5.41) is -0.278. The second-order valence-corrected chi connectivity index (χ2v) is 13.5. The van der Waals surface area contributed by atoms with Crippen LogP contribution in [0.4, 0.5) is 0 Å². The van der Waals surface area contributed by atoms with Crippen LogP contribution < -0.4 is 0 Å². The van der Waals surface area contributed by atoms with Gasteiger partial charge in [0.25, 0.3) is 0 Å². The van der Waals surface area contributed by atoms with Crippen molar-refractivity contribution in [2.75, 3.05) is 0 Å². The van der Waals surface area contributed by atoms with Gasteiger partial charge in [0.05, 0.1) is 34.9 Å². The SMILES string of the molecule is CC1CCCC(OC2CCC(S(=O)(=O)C3CCC(OC4CCCC4C)CC3)CC2)C1. The maximum Gasteiger partial charge on any atom is 0.156 e. The molecule has 0 aromatic heterocycles. The number of rotatable bonds is 6. The fourth-order valence-electron chi connectivity index (χ4n) is 6.60. The quantitative estimate of drug-likeness (QED) is 0.522. The predicted molar refractivity (Wildman–Crippen MR) is 121 cm³/mol. The summed E-state index contributed by atoms with van der Waals surface area (Å²) in [5.41, 5.74) is 0. The van der Waals surface area contributed by atoms with Crippen molar-refractivity contribution >= 4 is 9.84 Å². The molecule has 0 aromatic rings. The van der Waals surface area contributed by atoms with E-state index in [-0.39, 0.29) is 22.7 Å². The molecule has 4 fully saturated rings. The standard InChI is InChI=1S/C25H44O4S/c1-18-5-3-7-22(17-18)28-20-9-13-23(14-10-20)30(26,27)24-15-11-21(12-16-24)29-25-8-4-6-19(25)2/h18-25H,3-17H2,1-2H3. The molecule has 0 amide bonds. The van der Waals surface area contributed by atoms with Crippen molar-refractivity contribution in [1.29, 1.82) is 0 Å². The van der Waals surface area contributed by atoms with Gasteiger partial charge in [-0.15, -0.1) is 0 Å². The molecular formula is C25H44O4S. The van der Waals surface area contributed by atoms with Crippen LogP contribution in [0.2, 0.25) is 0 Å². The summed E-state index contributed by atoms with van der Waals surface area (Å²) in [6.07, 6.45) is 17.0. The van der Waals surface area contributed by atoms with E-state index in [2.05, 4.69) is 13.8 Å². The van der Waals surface area contributed by atoms with Gasteiger partial charge in [-0.05, 0) is 88.9 Å². The van der Waals surface area contributed by atoms with Crippen LogP contribution in [-0.4, -0.2) is 43.3 Å². The minimum absolute atomic E-state index is 0.139. The average molecular weight is 441 g/mol. The molecular weight excluding hydrogens is 396 g/mol. The lowest BCUT2D eigenvalue weighted by Gasteiger charge is -2.36.